The van der Waals surface area contributed by atoms with Crippen molar-refractivity contribution in [3.05, 3.63) is 90.4 Å². The van der Waals surface area contributed by atoms with Crippen LogP contribution in [0.1, 0.15) is 5.56 Å². The van der Waals surface area contributed by atoms with Gasteiger partial charge >= 0.3 is 0 Å². The molecule has 5 rings (SSSR count). The quantitative estimate of drug-likeness (QED) is 0.367. The molecule has 3 heterocycles. The highest BCUT2D eigenvalue weighted by atomic mass is 32.2. The monoisotopic (exact) mass is 488 g/mol. The summed E-state index contributed by atoms with van der Waals surface area (Å²) in [5, 5.41) is 9.20. The van der Waals surface area contributed by atoms with E-state index in [2.05, 4.69) is 20.1 Å². The Labute approximate surface area is 207 Å². The predicted molar refractivity (Wildman–Crippen MR) is 135 cm³/mol. The van der Waals surface area contributed by atoms with Crippen LogP contribution in [0.4, 0.5) is 10.2 Å². The molecule has 178 valence electrons. The molecule has 1 aliphatic rings. The molecule has 1 fully saturated rings. The van der Waals surface area contributed by atoms with Gasteiger partial charge < -0.3 is 9.80 Å². The standard InChI is InChI=1S/C26H25FN6OS/c27-22-11-5-4-10-21(22)25-29-30-26(33(25)18-20-8-2-1-3-9-20)35-19-24(34)32-16-14-31(15-17-32)23-12-6-7-13-28-23/h1-13H,14-19H2. The number of piperazine rings is 1. The minimum Gasteiger partial charge on any atom is -0.353 e. The van der Waals surface area contributed by atoms with Crippen molar-refractivity contribution in [2.75, 3.05) is 36.8 Å². The van der Waals surface area contributed by atoms with E-state index in [1.807, 2.05) is 58.0 Å². The number of halogens is 1. The van der Waals surface area contributed by atoms with E-state index in [0.29, 0.717) is 36.2 Å². The van der Waals surface area contributed by atoms with Crippen molar-refractivity contribution in [1.82, 2.24) is 24.6 Å². The molecular weight excluding hydrogens is 463 g/mol. The number of thioether (sulfide) groups is 1. The molecular formula is C26H25FN6OS. The van der Waals surface area contributed by atoms with Crippen LogP contribution in [0.25, 0.3) is 11.4 Å². The van der Waals surface area contributed by atoms with E-state index in [-0.39, 0.29) is 17.5 Å². The molecule has 0 bridgehead atoms. The molecule has 7 nitrogen and oxygen atoms in total. The first-order chi connectivity index (χ1) is 17.2. The van der Waals surface area contributed by atoms with E-state index in [9.17, 15) is 9.18 Å². The van der Waals surface area contributed by atoms with Gasteiger partial charge in [0.1, 0.15) is 11.6 Å². The van der Waals surface area contributed by atoms with E-state index in [1.54, 1.807) is 24.4 Å². The van der Waals surface area contributed by atoms with Gasteiger partial charge in [0, 0.05) is 32.4 Å². The van der Waals surface area contributed by atoms with Gasteiger partial charge in [0.05, 0.1) is 17.9 Å². The van der Waals surface area contributed by atoms with Gasteiger partial charge in [0.15, 0.2) is 11.0 Å². The Morgan fingerprint density at radius 2 is 1.63 bits per heavy atom. The average Bonchev–Trinajstić information content (AvgIpc) is 3.30. The summed E-state index contributed by atoms with van der Waals surface area (Å²) in [4.78, 5) is 21.4. The van der Waals surface area contributed by atoms with Crippen molar-refractivity contribution in [3.63, 3.8) is 0 Å². The third kappa shape index (κ3) is 5.35. The number of anilines is 1. The molecule has 0 spiro atoms. The molecule has 2 aromatic heterocycles. The molecule has 4 aromatic rings. The molecule has 1 aliphatic heterocycles. The van der Waals surface area contributed by atoms with Crippen LogP contribution in [-0.2, 0) is 11.3 Å². The number of benzene rings is 2. The summed E-state index contributed by atoms with van der Waals surface area (Å²) < 4.78 is 16.4. The number of carbonyl (C=O) groups excluding carboxylic acids is 1. The summed E-state index contributed by atoms with van der Waals surface area (Å²) in [6.45, 7) is 3.27. The van der Waals surface area contributed by atoms with Gasteiger partial charge in [0.2, 0.25) is 5.91 Å². The summed E-state index contributed by atoms with van der Waals surface area (Å²) >= 11 is 1.34. The lowest BCUT2D eigenvalue weighted by molar-refractivity contribution is -0.128. The Morgan fingerprint density at radius 3 is 2.37 bits per heavy atom. The van der Waals surface area contributed by atoms with Gasteiger partial charge in [-0.05, 0) is 29.8 Å². The highest BCUT2D eigenvalue weighted by Crippen LogP contribution is 2.27. The van der Waals surface area contributed by atoms with Crippen LogP contribution in [0.2, 0.25) is 0 Å². The van der Waals surface area contributed by atoms with Gasteiger partial charge in [-0.2, -0.15) is 0 Å². The number of nitrogens with zero attached hydrogens (tertiary/aromatic N) is 6. The molecule has 0 aliphatic carbocycles. The summed E-state index contributed by atoms with van der Waals surface area (Å²) in [5.74, 6) is 1.33. The van der Waals surface area contributed by atoms with E-state index >= 15 is 0 Å². The number of pyridine rings is 1. The third-order valence-electron chi connectivity index (χ3n) is 5.95. The summed E-state index contributed by atoms with van der Waals surface area (Å²) in [6, 6.07) is 22.3. The van der Waals surface area contributed by atoms with E-state index in [1.165, 1.54) is 17.8 Å². The summed E-state index contributed by atoms with van der Waals surface area (Å²) in [7, 11) is 0. The Balaban J connectivity index is 1.28. The zero-order valence-electron chi connectivity index (χ0n) is 19.1. The fraction of sp³-hybridized carbons (Fsp3) is 0.231. The number of rotatable bonds is 7. The maximum Gasteiger partial charge on any atom is 0.233 e. The van der Waals surface area contributed by atoms with Gasteiger partial charge in [-0.1, -0.05) is 60.3 Å². The molecule has 0 saturated carbocycles. The number of carbonyl (C=O) groups is 1. The van der Waals surface area contributed by atoms with E-state index in [4.69, 9.17) is 0 Å². The minimum absolute atomic E-state index is 0.0531. The number of hydrogen-bond donors (Lipinski definition) is 0. The minimum atomic E-state index is -0.354. The van der Waals surface area contributed by atoms with Crippen LogP contribution in [-0.4, -0.2) is 62.5 Å². The first-order valence-electron chi connectivity index (χ1n) is 11.5. The Bertz CT molecular complexity index is 1280. The molecule has 9 heteroatoms. The van der Waals surface area contributed by atoms with Crippen molar-refractivity contribution >= 4 is 23.5 Å². The maximum atomic E-state index is 14.6. The highest BCUT2D eigenvalue weighted by Gasteiger charge is 2.23. The number of amides is 1. The Hall–Kier alpha value is -3.72. The van der Waals surface area contributed by atoms with Crippen molar-refractivity contribution in [1.29, 1.82) is 0 Å². The van der Waals surface area contributed by atoms with Crippen molar-refractivity contribution < 1.29 is 9.18 Å². The molecule has 0 atom stereocenters. The average molecular weight is 489 g/mol. The van der Waals surface area contributed by atoms with Crippen LogP contribution < -0.4 is 4.90 Å². The zero-order valence-corrected chi connectivity index (χ0v) is 19.9. The first kappa shape index (κ1) is 23.0. The molecule has 0 N–H and O–H groups in total. The van der Waals surface area contributed by atoms with Crippen molar-refractivity contribution in [2.45, 2.75) is 11.7 Å². The van der Waals surface area contributed by atoms with Gasteiger partial charge in [-0.3, -0.25) is 9.36 Å². The van der Waals surface area contributed by atoms with E-state index in [0.717, 1.165) is 24.5 Å². The fourth-order valence-corrected chi connectivity index (χ4v) is 4.93. The second kappa shape index (κ2) is 10.7. The van der Waals surface area contributed by atoms with Gasteiger partial charge in [-0.25, -0.2) is 9.37 Å². The first-order valence-corrected chi connectivity index (χ1v) is 12.5. The second-order valence-corrected chi connectivity index (χ2v) is 9.14. The molecule has 0 radical (unpaired) electrons. The lowest BCUT2D eigenvalue weighted by Gasteiger charge is -2.35. The van der Waals surface area contributed by atoms with Crippen LogP contribution in [0.3, 0.4) is 0 Å². The number of hydrogen-bond acceptors (Lipinski definition) is 6. The van der Waals surface area contributed by atoms with Crippen LogP contribution in [0, 0.1) is 5.82 Å². The SMILES string of the molecule is O=C(CSc1nnc(-c2ccccc2F)n1Cc1ccccc1)N1CCN(c2ccccn2)CC1. The predicted octanol–water partition coefficient (Wildman–Crippen LogP) is 3.97. The van der Waals surface area contributed by atoms with Crippen LogP contribution in [0.5, 0.6) is 0 Å². The lowest BCUT2D eigenvalue weighted by Crippen LogP contribution is -2.49. The maximum absolute atomic E-state index is 14.6. The fourth-order valence-electron chi connectivity index (χ4n) is 4.09. The van der Waals surface area contributed by atoms with E-state index < -0.39 is 0 Å². The van der Waals surface area contributed by atoms with Gasteiger partial charge in [-0.15, -0.1) is 10.2 Å². The number of aromatic nitrogens is 4. The van der Waals surface area contributed by atoms with Gasteiger partial charge in [0.25, 0.3) is 0 Å². The molecule has 1 amide bonds. The molecule has 1 saturated heterocycles. The summed E-state index contributed by atoms with van der Waals surface area (Å²) in [5.41, 5.74) is 1.43. The zero-order chi connectivity index (χ0) is 24.0. The van der Waals surface area contributed by atoms with Crippen LogP contribution in [0.15, 0.2) is 84.1 Å². The highest BCUT2D eigenvalue weighted by molar-refractivity contribution is 7.99. The second-order valence-electron chi connectivity index (χ2n) is 8.20. The smallest absolute Gasteiger partial charge is 0.233 e. The van der Waals surface area contributed by atoms with Crippen LogP contribution >= 0.6 is 11.8 Å². The largest absolute Gasteiger partial charge is 0.353 e. The van der Waals surface area contributed by atoms with Crippen molar-refractivity contribution in [2.24, 2.45) is 0 Å². The lowest BCUT2D eigenvalue weighted by atomic mass is 10.2. The molecule has 0 unspecified atom stereocenters. The molecule has 35 heavy (non-hydrogen) atoms. The van der Waals surface area contributed by atoms with Crippen molar-refractivity contribution in [3.8, 4) is 11.4 Å². The normalized spacial score (nSPS) is 13.7. The Morgan fingerprint density at radius 1 is 0.886 bits per heavy atom. The summed E-state index contributed by atoms with van der Waals surface area (Å²) in [6.07, 6.45) is 1.78. The topological polar surface area (TPSA) is 67.2 Å². The third-order valence-corrected chi connectivity index (χ3v) is 6.90. The Kier molecular flexibility index (Phi) is 7.04. The molecule has 2 aromatic carbocycles.